The molecule has 5 rings (SSSR count). The third-order valence-corrected chi connectivity index (χ3v) is 6.09. The van der Waals surface area contributed by atoms with Crippen LogP contribution in [0.5, 0.6) is 5.88 Å². The number of pyridine rings is 1. The van der Waals surface area contributed by atoms with Crippen molar-refractivity contribution < 1.29 is 9.94 Å². The summed E-state index contributed by atoms with van der Waals surface area (Å²) in [4.78, 5) is 4.34. The minimum absolute atomic E-state index is 0.245. The monoisotopic (exact) mass is 468 g/mol. The number of rotatable bonds is 6. The van der Waals surface area contributed by atoms with Crippen molar-refractivity contribution in [3.05, 3.63) is 125 Å². The minimum Gasteiger partial charge on any atom is -0.479 e. The Labute approximate surface area is 201 Å². The van der Waals surface area contributed by atoms with E-state index in [0.29, 0.717) is 22.5 Å². The molecule has 0 unspecified atom stereocenters. The average molecular weight is 469 g/mol. The molecule has 0 fully saturated rings. The van der Waals surface area contributed by atoms with Crippen LogP contribution in [0.1, 0.15) is 22.4 Å². The van der Waals surface area contributed by atoms with E-state index in [2.05, 4.69) is 46.5 Å². The molecule has 7 heteroatoms. The van der Waals surface area contributed by atoms with E-state index in [4.69, 9.17) is 21.4 Å². The number of halogens is 1. The van der Waals surface area contributed by atoms with E-state index in [-0.39, 0.29) is 5.15 Å². The number of fused-ring (bicyclic) bond motifs is 1. The summed E-state index contributed by atoms with van der Waals surface area (Å²) in [6, 6.07) is 32.3. The van der Waals surface area contributed by atoms with E-state index < -0.39 is 5.54 Å². The smallest absolute Gasteiger partial charge is 0.242 e. The topological polar surface area (TPSA) is 72.5 Å². The molecule has 0 atom stereocenters. The van der Waals surface area contributed by atoms with Gasteiger partial charge in [-0.2, -0.15) is 0 Å². The standard InChI is InChI=1S/C27H21ClN4O2/c1-34-26-25-22(18-29-33)30-24(28)17-23(25)32(31-26)27(19-11-5-2-6-12-19,20-13-7-3-8-14-20)21-15-9-4-10-16-21/h2-18,33H,1H3/b29-18-. The second kappa shape index (κ2) is 9.00. The van der Waals surface area contributed by atoms with Gasteiger partial charge in [-0.15, -0.1) is 5.10 Å². The molecule has 0 bridgehead atoms. The molecule has 0 aliphatic rings. The molecule has 3 aromatic carbocycles. The van der Waals surface area contributed by atoms with E-state index in [1.165, 1.54) is 6.21 Å². The van der Waals surface area contributed by atoms with Gasteiger partial charge in [-0.25, -0.2) is 9.67 Å². The SMILES string of the molecule is COc1nn(C(c2ccccc2)(c2ccccc2)c2ccccc2)c2cc(Cl)nc(/C=N\O)c12. The summed E-state index contributed by atoms with van der Waals surface area (Å²) in [7, 11) is 1.55. The minimum atomic E-state index is -0.864. The third kappa shape index (κ3) is 3.40. The number of nitrogens with zero attached hydrogens (tertiary/aromatic N) is 4. The Morgan fingerprint density at radius 1 is 0.882 bits per heavy atom. The van der Waals surface area contributed by atoms with Crippen LogP contribution in [0.15, 0.2) is 102 Å². The van der Waals surface area contributed by atoms with Gasteiger partial charge in [-0.3, -0.25) is 0 Å². The van der Waals surface area contributed by atoms with Crippen molar-refractivity contribution in [2.45, 2.75) is 5.54 Å². The first kappa shape index (κ1) is 21.7. The molecule has 2 heterocycles. The van der Waals surface area contributed by atoms with Gasteiger partial charge in [0.25, 0.3) is 0 Å². The van der Waals surface area contributed by atoms with Gasteiger partial charge in [0.05, 0.1) is 24.2 Å². The fourth-order valence-electron chi connectivity index (χ4n) is 4.55. The Kier molecular flexibility index (Phi) is 5.74. The number of benzene rings is 3. The molecule has 168 valence electrons. The Balaban J connectivity index is 2.01. The molecular formula is C27H21ClN4O2. The molecule has 6 nitrogen and oxygen atoms in total. The highest BCUT2D eigenvalue weighted by Crippen LogP contribution is 2.44. The first-order chi connectivity index (χ1) is 16.7. The third-order valence-electron chi connectivity index (χ3n) is 5.89. The lowest BCUT2D eigenvalue weighted by molar-refractivity contribution is 0.321. The number of aromatic nitrogens is 3. The zero-order chi connectivity index (χ0) is 23.5. The summed E-state index contributed by atoms with van der Waals surface area (Å²) in [5, 5.41) is 18.2. The zero-order valence-corrected chi connectivity index (χ0v) is 19.1. The lowest BCUT2D eigenvalue weighted by atomic mass is 9.77. The molecule has 34 heavy (non-hydrogen) atoms. The molecule has 0 aliphatic heterocycles. The van der Waals surface area contributed by atoms with Crippen LogP contribution in [0.2, 0.25) is 5.15 Å². The van der Waals surface area contributed by atoms with Gasteiger partial charge in [-0.05, 0) is 16.7 Å². The first-order valence-electron chi connectivity index (χ1n) is 10.7. The van der Waals surface area contributed by atoms with Gasteiger partial charge in [0.15, 0.2) is 0 Å². The first-order valence-corrected chi connectivity index (χ1v) is 11.1. The summed E-state index contributed by atoms with van der Waals surface area (Å²) in [5.74, 6) is 0.348. The van der Waals surface area contributed by atoms with Gasteiger partial charge >= 0.3 is 0 Å². The molecule has 0 aliphatic carbocycles. The summed E-state index contributed by atoms with van der Waals surface area (Å²) in [6.07, 6.45) is 1.23. The normalized spacial score (nSPS) is 11.8. The highest BCUT2D eigenvalue weighted by molar-refractivity contribution is 6.30. The van der Waals surface area contributed by atoms with Crippen LogP contribution >= 0.6 is 11.6 Å². The van der Waals surface area contributed by atoms with Crippen molar-refractivity contribution in [1.82, 2.24) is 14.8 Å². The van der Waals surface area contributed by atoms with E-state index in [1.54, 1.807) is 13.2 Å². The Morgan fingerprint density at radius 3 is 1.82 bits per heavy atom. The van der Waals surface area contributed by atoms with E-state index in [9.17, 15) is 5.21 Å². The van der Waals surface area contributed by atoms with Gasteiger partial charge < -0.3 is 9.94 Å². The highest BCUT2D eigenvalue weighted by atomic mass is 35.5. The van der Waals surface area contributed by atoms with Crippen LogP contribution in [0, 0.1) is 0 Å². The molecule has 5 aromatic rings. The summed E-state index contributed by atoms with van der Waals surface area (Å²) in [6.45, 7) is 0. The fourth-order valence-corrected chi connectivity index (χ4v) is 4.75. The van der Waals surface area contributed by atoms with Crippen molar-refractivity contribution in [2.75, 3.05) is 7.11 Å². The van der Waals surface area contributed by atoms with Gasteiger partial charge in [0.1, 0.15) is 16.4 Å². The predicted molar refractivity (Wildman–Crippen MR) is 133 cm³/mol. The van der Waals surface area contributed by atoms with Crippen molar-refractivity contribution in [3.8, 4) is 5.88 Å². The second-order valence-corrected chi connectivity index (χ2v) is 8.09. The molecule has 2 aromatic heterocycles. The van der Waals surface area contributed by atoms with Gasteiger partial charge in [-0.1, -0.05) is 108 Å². The Bertz CT molecular complexity index is 1360. The maximum absolute atomic E-state index is 9.25. The maximum atomic E-state index is 9.25. The Hall–Kier alpha value is -4.16. The predicted octanol–water partition coefficient (Wildman–Crippen LogP) is 5.74. The fraction of sp³-hybridized carbons (Fsp3) is 0.0741. The zero-order valence-electron chi connectivity index (χ0n) is 18.3. The van der Waals surface area contributed by atoms with E-state index in [0.717, 1.165) is 16.7 Å². The van der Waals surface area contributed by atoms with Crippen molar-refractivity contribution in [3.63, 3.8) is 0 Å². The van der Waals surface area contributed by atoms with Crippen molar-refractivity contribution >= 4 is 28.7 Å². The largest absolute Gasteiger partial charge is 0.479 e. The average Bonchev–Trinajstić information content (AvgIpc) is 3.25. The quantitative estimate of drug-likeness (QED) is 0.113. The summed E-state index contributed by atoms with van der Waals surface area (Å²) >= 11 is 6.44. The second-order valence-electron chi connectivity index (χ2n) is 7.70. The number of hydrogen-bond donors (Lipinski definition) is 1. The number of hydrogen-bond acceptors (Lipinski definition) is 5. The van der Waals surface area contributed by atoms with Gasteiger partial charge in [0, 0.05) is 6.07 Å². The van der Waals surface area contributed by atoms with Crippen molar-refractivity contribution in [2.24, 2.45) is 5.16 Å². The molecule has 0 saturated heterocycles. The highest BCUT2D eigenvalue weighted by Gasteiger charge is 2.41. The van der Waals surface area contributed by atoms with Crippen molar-refractivity contribution in [1.29, 1.82) is 0 Å². The van der Waals surface area contributed by atoms with Crippen LogP contribution < -0.4 is 4.74 Å². The van der Waals surface area contributed by atoms with Gasteiger partial charge in [0.2, 0.25) is 5.88 Å². The van der Waals surface area contributed by atoms with Crippen LogP contribution in [0.3, 0.4) is 0 Å². The Morgan fingerprint density at radius 2 is 1.38 bits per heavy atom. The summed E-state index contributed by atoms with van der Waals surface area (Å²) in [5.41, 5.74) is 3.19. The lowest BCUT2D eigenvalue weighted by Crippen LogP contribution is -2.38. The molecule has 0 radical (unpaired) electrons. The molecule has 1 N–H and O–H groups in total. The molecule has 0 amide bonds. The lowest BCUT2D eigenvalue weighted by Gasteiger charge is -2.36. The van der Waals surface area contributed by atoms with Crippen LogP contribution in [-0.4, -0.2) is 33.3 Å². The van der Waals surface area contributed by atoms with E-state index >= 15 is 0 Å². The van der Waals surface area contributed by atoms with E-state index in [1.807, 2.05) is 59.3 Å². The number of oxime groups is 1. The molecule has 0 spiro atoms. The molecular weight excluding hydrogens is 448 g/mol. The summed E-state index contributed by atoms with van der Waals surface area (Å²) < 4.78 is 7.60. The molecule has 0 saturated carbocycles. The maximum Gasteiger partial charge on any atom is 0.242 e. The number of ether oxygens (including phenoxy) is 1. The van der Waals surface area contributed by atoms with Crippen LogP contribution in [-0.2, 0) is 5.54 Å². The number of methoxy groups -OCH3 is 1. The van der Waals surface area contributed by atoms with Crippen LogP contribution in [0.4, 0.5) is 0 Å². The van der Waals surface area contributed by atoms with Crippen LogP contribution in [0.25, 0.3) is 10.9 Å².